The molecule has 1 radical (unpaired) electrons. The molecule has 53 valence electrons. The second-order valence-corrected chi connectivity index (χ2v) is 1.48. The smallest absolute Gasteiger partial charge is 0.387 e. The van der Waals surface area contributed by atoms with Crippen molar-refractivity contribution in [3.63, 3.8) is 0 Å². The molecule has 1 aromatic rings. The first-order valence-electron chi connectivity index (χ1n) is 2.55. The largest absolute Gasteiger partial charge is 0.434 e. The molecule has 0 aliphatic rings. The molecule has 0 N–H and O–H groups in total. The van der Waals surface area contributed by atoms with Crippen LogP contribution in [0.1, 0.15) is 0 Å². The Balaban J connectivity index is 2.59. The number of halogens is 2. The minimum atomic E-state index is -2.79. The SMILES string of the molecule is FC(F)Oc1[c]cncc1. The molecular weight excluding hydrogens is 140 g/mol. The van der Waals surface area contributed by atoms with Gasteiger partial charge in [-0.25, -0.2) is 0 Å². The highest BCUT2D eigenvalue weighted by Crippen LogP contribution is 2.09. The number of aromatic nitrogens is 1. The van der Waals surface area contributed by atoms with Crippen molar-refractivity contribution in [3.8, 4) is 5.75 Å². The van der Waals surface area contributed by atoms with Gasteiger partial charge in [-0.3, -0.25) is 4.98 Å². The minimum Gasteiger partial charge on any atom is -0.434 e. The Hall–Kier alpha value is -1.19. The Bertz CT molecular complexity index is 190. The van der Waals surface area contributed by atoms with Gasteiger partial charge in [-0.05, 0) is 6.07 Å². The predicted molar refractivity (Wildman–Crippen MR) is 29.7 cm³/mol. The number of hydrogen-bond acceptors (Lipinski definition) is 2. The molecule has 0 saturated carbocycles. The van der Waals surface area contributed by atoms with E-state index < -0.39 is 6.61 Å². The van der Waals surface area contributed by atoms with Crippen LogP contribution in [-0.2, 0) is 0 Å². The van der Waals surface area contributed by atoms with Crippen molar-refractivity contribution >= 4 is 0 Å². The molecule has 0 spiro atoms. The van der Waals surface area contributed by atoms with Crippen LogP contribution in [0.15, 0.2) is 18.5 Å². The number of rotatable bonds is 2. The summed E-state index contributed by atoms with van der Waals surface area (Å²) in [5.74, 6) is 0.00463. The van der Waals surface area contributed by atoms with Crippen LogP contribution in [0, 0.1) is 6.07 Å². The lowest BCUT2D eigenvalue weighted by Crippen LogP contribution is -2.01. The summed E-state index contributed by atoms with van der Waals surface area (Å²) >= 11 is 0. The van der Waals surface area contributed by atoms with Crippen molar-refractivity contribution in [2.75, 3.05) is 0 Å². The van der Waals surface area contributed by atoms with Gasteiger partial charge >= 0.3 is 6.61 Å². The van der Waals surface area contributed by atoms with Gasteiger partial charge in [-0.15, -0.1) is 0 Å². The highest BCUT2D eigenvalue weighted by atomic mass is 19.3. The van der Waals surface area contributed by atoms with E-state index in [0.717, 1.165) is 0 Å². The van der Waals surface area contributed by atoms with Gasteiger partial charge in [0.1, 0.15) is 5.75 Å². The second kappa shape index (κ2) is 3.10. The van der Waals surface area contributed by atoms with Crippen LogP contribution >= 0.6 is 0 Å². The van der Waals surface area contributed by atoms with Gasteiger partial charge in [-0.1, -0.05) is 0 Å². The molecule has 0 fully saturated rings. The summed E-state index contributed by atoms with van der Waals surface area (Å²) < 4.78 is 26.9. The number of alkyl halides is 2. The molecular formula is C6H4F2NO. The van der Waals surface area contributed by atoms with Crippen molar-refractivity contribution in [2.45, 2.75) is 6.61 Å². The van der Waals surface area contributed by atoms with Gasteiger partial charge in [0.2, 0.25) is 0 Å². The Morgan fingerprint density at radius 2 is 2.40 bits per heavy atom. The fourth-order valence-electron chi connectivity index (χ4n) is 0.472. The first-order chi connectivity index (χ1) is 4.79. The maximum Gasteiger partial charge on any atom is 0.387 e. The van der Waals surface area contributed by atoms with Gasteiger partial charge in [0.15, 0.2) is 0 Å². The van der Waals surface area contributed by atoms with Crippen molar-refractivity contribution in [1.82, 2.24) is 4.98 Å². The Morgan fingerprint density at radius 3 is 2.90 bits per heavy atom. The van der Waals surface area contributed by atoms with Gasteiger partial charge in [-0.2, -0.15) is 8.78 Å². The molecule has 0 saturated heterocycles. The van der Waals surface area contributed by atoms with E-state index in [-0.39, 0.29) is 5.75 Å². The second-order valence-electron chi connectivity index (χ2n) is 1.48. The highest BCUT2D eigenvalue weighted by molar-refractivity contribution is 5.14. The van der Waals surface area contributed by atoms with Gasteiger partial charge in [0.25, 0.3) is 0 Å². The molecule has 10 heavy (non-hydrogen) atoms. The third-order valence-corrected chi connectivity index (χ3v) is 0.809. The van der Waals surface area contributed by atoms with E-state index in [4.69, 9.17) is 0 Å². The maximum absolute atomic E-state index is 11.5. The molecule has 0 aliphatic heterocycles. The fourth-order valence-corrected chi connectivity index (χ4v) is 0.472. The van der Waals surface area contributed by atoms with Gasteiger partial charge in [0.05, 0.1) is 0 Å². The topological polar surface area (TPSA) is 22.1 Å². The summed E-state index contributed by atoms with van der Waals surface area (Å²) in [4.78, 5) is 3.57. The van der Waals surface area contributed by atoms with Crippen molar-refractivity contribution < 1.29 is 13.5 Å². The highest BCUT2D eigenvalue weighted by Gasteiger charge is 2.01. The van der Waals surface area contributed by atoms with Crippen LogP contribution in [0.5, 0.6) is 5.75 Å². The van der Waals surface area contributed by atoms with E-state index in [1.54, 1.807) is 0 Å². The molecule has 1 heterocycles. The van der Waals surface area contributed by atoms with Crippen LogP contribution in [0.2, 0.25) is 0 Å². The minimum absolute atomic E-state index is 0.00463. The van der Waals surface area contributed by atoms with Crippen LogP contribution in [-0.4, -0.2) is 11.6 Å². The zero-order valence-corrected chi connectivity index (χ0v) is 4.92. The third kappa shape index (κ3) is 1.97. The molecule has 1 rings (SSSR count). The lowest BCUT2D eigenvalue weighted by atomic mass is 10.5. The van der Waals surface area contributed by atoms with Crippen LogP contribution in [0.4, 0.5) is 8.78 Å². The number of nitrogens with zero attached hydrogens (tertiary/aromatic N) is 1. The standard InChI is InChI=1S/C6H4F2NO/c7-6(8)10-5-1-3-9-4-2-5/h1,3-4,6H. The molecule has 0 unspecified atom stereocenters. The summed E-state index contributed by atoms with van der Waals surface area (Å²) in [5, 5.41) is 0. The van der Waals surface area contributed by atoms with E-state index in [9.17, 15) is 8.78 Å². The average molecular weight is 144 g/mol. The van der Waals surface area contributed by atoms with Gasteiger partial charge in [0, 0.05) is 18.5 Å². The van der Waals surface area contributed by atoms with E-state index in [1.165, 1.54) is 18.5 Å². The van der Waals surface area contributed by atoms with Crippen LogP contribution < -0.4 is 4.74 Å². The van der Waals surface area contributed by atoms with Gasteiger partial charge < -0.3 is 4.74 Å². The molecule has 4 heteroatoms. The summed E-state index contributed by atoms with van der Waals surface area (Å²) in [7, 11) is 0. The first kappa shape index (κ1) is 6.92. The fraction of sp³-hybridized carbons (Fsp3) is 0.167. The zero-order chi connectivity index (χ0) is 7.40. The molecule has 0 aromatic carbocycles. The molecule has 0 atom stereocenters. The molecule has 0 amide bonds. The first-order valence-corrected chi connectivity index (χ1v) is 2.55. The van der Waals surface area contributed by atoms with Crippen LogP contribution in [0.3, 0.4) is 0 Å². The monoisotopic (exact) mass is 144 g/mol. The average Bonchev–Trinajstić information content (AvgIpc) is 1.88. The molecule has 0 bridgehead atoms. The molecule has 1 aromatic heterocycles. The summed E-state index contributed by atoms with van der Waals surface area (Å²) in [6.45, 7) is -2.79. The Labute approximate surface area is 56.5 Å². The van der Waals surface area contributed by atoms with Crippen molar-refractivity contribution in [3.05, 3.63) is 24.5 Å². The normalized spacial score (nSPS) is 9.90. The molecule has 0 aliphatic carbocycles. The summed E-state index contributed by atoms with van der Waals surface area (Å²) in [6.07, 6.45) is 2.62. The van der Waals surface area contributed by atoms with Crippen molar-refractivity contribution in [2.24, 2.45) is 0 Å². The number of ether oxygens (including phenoxy) is 1. The Kier molecular flexibility index (Phi) is 2.15. The third-order valence-electron chi connectivity index (χ3n) is 0.809. The maximum atomic E-state index is 11.5. The number of hydrogen-bond donors (Lipinski definition) is 0. The summed E-state index contributed by atoms with van der Waals surface area (Å²) in [5.41, 5.74) is 0. The lowest BCUT2D eigenvalue weighted by Gasteiger charge is -2.00. The molecule has 2 nitrogen and oxygen atoms in total. The zero-order valence-electron chi connectivity index (χ0n) is 4.92. The van der Waals surface area contributed by atoms with E-state index >= 15 is 0 Å². The Morgan fingerprint density at radius 1 is 1.60 bits per heavy atom. The van der Waals surface area contributed by atoms with E-state index in [1.807, 2.05) is 0 Å². The summed E-state index contributed by atoms with van der Waals surface area (Å²) in [6, 6.07) is 3.70. The lowest BCUT2D eigenvalue weighted by molar-refractivity contribution is -0.0500. The number of pyridine rings is 1. The van der Waals surface area contributed by atoms with E-state index in [2.05, 4.69) is 15.8 Å². The quantitative estimate of drug-likeness (QED) is 0.627. The van der Waals surface area contributed by atoms with Crippen molar-refractivity contribution in [1.29, 1.82) is 0 Å². The van der Waals surface area contributed by atoms with E-state index in [0.29, 0.717) is 0 Å². The predicted octanol–water partition coefficient (Wildman–Crippen LogP) is 1.48. The van der Waals surface area contributed by atoms with Crippen LogP contribution in [0.25, 0.3) is 0 Å².